The SMILES string of the molecule is COc1ccc(CNc2cnnc3cc(-c4cc(Cl)c(OC)cc4-n4cc(C(F)F)cn4)ccc23)c(OC)c1. The molecule has 2 aromatic heterocycles. The summed E-state index contributed by atoms with van der Waals surface area (Å²) in [6.07, 6.45) is 1.43. The Kier molecular flexibility index (Phi) is 7.47. The summed E-state index contributed by atoms with van der Waals surface area (Å²) in [7, 11) is 4.70. The van der Waals surface area contributed by atoms with Gasteiger partial charge >= 0.3 is 0 Å². The number of hydrogen-bond donors (Lipinski definition) is 1. The average molecular weight is 552 g/mol. The number of hydrogen-bond acceptors (Lipinski definition) is 7. The second kappa shape index (κ2) is 11.1. The van der Waals surface area contributed by atoms with Crippen molar-refractivity contribution in [3.63, 3.8) is 0 Å². The van der Waals surface area contributed by atoms with Crippen LogP contribution in [0.5, 0.6) is 17.2 Å². The Balaban J connectivity index is 1.51. The van der Waals surface area contributed by atoms with Crippen LogP contribution in [0.15, 0.2) is 67.1 Å². The molecule has 5 aromatic rings. The van der Waals surface area contributed by atoms with E-state index in [1.54, 1.807) is 32.5 Å². The number of benzene rings is 3. The first-order chi connectivity index (χ1) is 18.9. The van der Waals surface area contributed by atoms with Crippen LogP contribution in [-0.4, -0.2) is 41.3 Å². The first kappa shape index (κ1) is 26.2. The highest BCUT2D eigenvalue weighted by Gasteiger charge is 2.17. The predicted octanol–water partition coefficient (Wildman–Crippen LogP) is 6.71. The molecule has 0 aliphatic heterocycles. The van der Waals surface area contributed by atoms with Gasteiger partial charge in [0.1, 0.15) is 17.2 Å². The molecule has 0 aliphatic rings. The minimum atomic E-state index is -2.64. The molecule has 0 aliphatic carbocycles. The molecule has 0 fully saturated rings. The highest BCUT2D eigenvalue weighted by Crippen LogP contribution is 2.38. The Morgan fingerprint density at radius 3 is 2.49 bits per heavy atom. The van der Waals surface area contributed by atoms with Crippen molar-refractivity contribution in [2.75, 3.05) is 26.6 Å². The third-order valence-corrected chi connectivity index (χ3v) is 6.58. The third-order valence-electron chi connectivity index (χ3n) is 6.29. The molecule has 5 rings (SSSR count). The van der Waals surface area contributed by atoms with Crippen molar-refractivity contribution < 1.29 is 23.0 Å². The molecule has 1 N–H and O–H groups in total. The van der Waals surface area contributed by atoms with Crippen LogP contribution in [-0.2, 0) is 6.54 Å². The van der Waals surface area contributed by atoms with Gasteiger partial charge in [0, 0.05) is 41.4 Å². The molecule has 2 heterocycles. The lowest BCUT2D eigenvalue weighted by Crippen LogP contribution is -2.04. The first-order valence-electron chi connectivity index (χ1n) is 11.8. The summed E-state index contributed by atoms with van der Waals surface area (Å²) in [5.41, 5.74) is 4.10. The van der Waals surface area contributed by atoms with E-state index < -0.39 is 6.43 Å². The van der Waals surface area contributed by atoms with Crippen molar-refractivity contribution in [3.8, 4) is 34.1 Å². The van der Waals surface area contributed by atoms with Crippen LogP contribution in [0.1, 0.15) is 17.6 Å². The quantitative estimate of drug-likeness (QED) is 0.218. The Morgan fingerprint density at radius 2 is 1.77 bits per heavy atom. The van der Waals surface area contributed by atoms with Crippen LogP contribution >= 0.6 is 11.6 Å². The van der Waals surface area contributed by atoms with E-state index >= 15 is 0 Å². The fourth-order valence-electron chi connectivity index (χ4n) is 4.26. The maximum Gasteiger partial charge on any atom is 0.266 e. The molecule has 0 saturated heterocycles. The maximum atomic E-state index is 13.3. The molecule has 0 unspecified atom stereocenters. The molecular formula is C28H24ClF2N5O3. The second-order valence-electron chi connectivity index (χ2n) is 8.54. The molecule has 0 atom stereocenters. The summed E-state index contributed by atoms with van der Waals surface area (Å²) in [4.78, 5) is 0. The lowest BCUT2D eigenvalue weighted by atomic mass is 10.0. The monoisotopic (exact) mass is 551 g/mol. The van der Waals surface area contributed by atoms with Gasteiger partial charge in [-0.05, 0) is 35.9 Å². The summed E-state index contributed by atoms with van der Waals surface area (Å²) in [6, 6.07) is 14.7. The van der Waals surface area contributed by atoms with Gasteiger partial charge in [-0.1, -0.05) is 17.7 Å². The number of fused-ring (bicyclic) bond motifs is 1. The van der Waals surface area contributed by atoms with Gasteiger partial charge in [0.25, 0.3) is 6.43 Å². The zero-order valence-corrected chi connectivity index (χ0v) is 22.0. The lowest BCUT2D eigenvalue weighted by Gasteiger charge is -2.15. The van der Waals surface area contributed by atoms with Crippen LogP contribution in [0.3, 0.4) is 0 Å². The highest BCUT2D eigenvalue weighted by atomic mass is 35.5. The number of anilines is 1. The predicted molar refractivity (Wildman–Crippen MR) is 145 cm³/mol. The Bertz CT molecular complexity index is 1640. The van der Waals surface area contributed by atoms with E-state index in [2.05, 4.69) is 20.6 Å². The number of alkyl halides is 2. The smallest absolute Gasteiger partial charge is 0.266 e. The third kappa shape index (κ3) is 5.28. The van der Waals surface area contributed by atoms with Crippen LogP contribution in [0.4, 0.5) is 14.5 Å². The summed E-state index contributed by atoms with van der Waals surface area (Å²) in [5.74, 6) is 1.80. The summed E-state index contributed by atoms with van der Waals surface area (Å²) >= 11 is 6.45. The van der Waals surface area contributed by atoms with E-state index in [1.165, 1.54) is 18.0 Å². The Hall–Kier alpha value is -4.44. The largest absolute Gasteiger partial charge is 0.497 e. The second-order valence-corrected chi connectivity index (χ2v) is 8.95. The van der Waals surface area contributed by atoms with Crippen molar-refractivity contribution in [2.45, 2.75) is 13.0 Å². The van der Waals surface area contributed by atoms with E-state index in [0.29, 0.717) is 45.6 Å². The number of methoxy groups -OCH3 is 3. The van der Waals surface area contributed by atoms with Crippen molar-refractivity contribution >= 4 is 28.2 Å². The number of nitrogens with zero attached hydrogens (tertiary/aromatic N) is 4. The van der Waals surface area contributed by atoms with Gasteiger partial charge in [-0.3, -0.25) is 0 Å². The molecule has 200 valence electrons. The van der Waals surface area contributed by atoms with E-state index in [1.807, 2.05) is 36.4 Å². The topological polar surface area (TPSA) is 83.3 Å². The molecule has 0 bridgehead atoms. The zero-order valence-electron chi connectivity index (χ0n) is 21.3. The van der Waals surface area contributed by atoms with Gasteiger partial charge in [0.05, 0.1) is 61.2 Å². The molecular weight excluding hydrogens is 528 g/mol. The lowest BCUT2D eigenvalue weighted by molar-refractivity contribution is 0.151. The van der Waals surface area contributed by atoms with Crippen LogP contribution < -0.4 is 19.5 Å². The van der Waals surface area contributed by atoms with Gasteiger partial charge in [0.15, 0.2) is 0 Å². The molecule has 39 heavy (non-hydrogen) atoms. The van der Waals surface area contributed by atoms with Crippen LogP contribution in [0.25, 0.3) is 27.7 Å². The maximum absolute atomic E-state index is 13.3. The number of aromatic nitrogens is 4. The molecule has 3 aromatic carbocycles. The minimum Gasteiger partial charge on any atom is -0.497 e. The number of nitrogens with one attached hydrogen (secondary N) is 1. The molecule has 0 spiro atoms. The number of rotatable bonds is 9. The fourth-order valence-corrected chi connectivity index (χ4v) is 4.50. The summed E-state index contributed by atoms with van der Waals surface area (Å²) < 4.78 is 44.0. The average Bonchev–Trinajstić information content (AvgIpc) is 3.46. The van der Waals surface area contributed by atoms with Gasteiger partial charge in [-0.25, -0.2) is 13.5 Å². The Morgan fingerprint density at radius 1 is 0.949 bits per heavy atom. The van der Waals surface area contributed by atoms with E-state index in [-0.39, 0.29) is 5.56 Å². The van der Waals surface area contributed by atoms with Gasteiger partial charge in [-0.15, -0.1) is 0 Å². The van der Waals surface area contributed by atoms with E-state index in [9.17, 15) is 8.78 Å². The normalized spacial score (nSPS) is 11.2. The molecule has 0 saturated carbocycles. The van der Waals surface area contributed by atoms with Crippen molar-refractivity contribution in [1.29, 1.82) is 0 Å². The van der Waals surface area contributed by atoms with Crippen molar-refractivity contribution in [1.82, 2.24) is 20.0 Å². The molecule has 0 amide bonds. The van der Waals surface area contributed by atoms with E-state index in [0.717, 1.165) is 28.4 Å². The van der Waals surface area contributed by atoms with Crippen LogP contribution in [0, 0.1) is 0 Å². The molecule has 8 nitrogen and oxygen atoms in total. The minimum absolute atomic E-state index is 0.191. The van der Waals surface area contributed by atoms with E-state index in [4.69, 9.17) is 25.8 Å². The standard InChI is InChI=1S/C28H24ClF2N5O3/c1-37-19-6-4-17(26(9-19)38-2)12-32-24-14-33-35-23-8-16(5-7-20(23)24)21-10-22(29)27(39-3)11-25(21)36-15-18(13-34-36)28(30)31/h4-11,13-15,28H,12H2,1-3H3,(H,32,35). The van der Waals surface area contributed by atoms with Crippen LogP contribution in [0.2, 0.25) is 5.02 Å². The number of halogens is 3. The highest BCUT2D eigenvalue weighted by molar-refractivity contribution is 6.32. The summed E-state index contributed by atoms with van der Waals surface area (Å²) in [6.45, 7) is 0.486. The zero-order chi connectivity index (χ0) is 27.5. The van der Waals surface area contributed by atoms with Gasteiger partial charge in [-0.2, -0.15) is 15.3 Å². The van der Waals surface area contributed by atoms with Gasteiger partial charge < -0.3 is 19.5 Å². The van der Waals surface area contributed by atoms with Crippen molar-refractivity contribution in [3.05, 3.63) is 83.3 Å². The summed E-state index contributed by atoms with van der Waals surface area (Å²) in [5, 5.41) is 17.2. The first-order valence-corrected chi connectivity index (χ1v) is 12.2. The number of ether oxygens (including phenoxy) is 3. The molecule has 0 radical (unpaired) electrons. The Labute approximate surface area is 228 Å². The molecule has 11 heteroatoms. The fraction of sp³-hybridized carbons (Fsp3) is 0.179. The van der Waals surface area contributed by atoms with Gasteiger partial charge in [0.2, 0.25) is 0 Å². The van der Waals surface area contributed by atoms with Crippen molar-refractivity contribution in [2.24, 2.45) is 0 Å².